The second-order valence-electron chi connectivity index (χ2n) is 3.25. The third kappa shape index (κ3) is 3.93. The van der Waals surface area contributed by atoms with Gasteiger partial charge >= 0.3 is 0 Å². The van der Waals surface area contributed by atoms with Crippen LogP contribution in [0.2, 0.25) is 0 Å². The van der Waals surface area contributed by atoms with E-state index in [2.05, 4.69) is 15.9 Å². The Kier molecular flexibility index (Phi) is 4.76. The van der Waals surface area contributed by atoms with Crippen molar-refractivity contribution < 1.29 is 8.42 Å². The molecule has 0 unspecified atom stereocenters. The van der Waals surface area contributed by atoms with Gasteiger partial charge < -0.3 is 0 Å². The minimum Gasteiger partial charge on any atom is -0.212 e. The average Bonchev–Trinajstić information content (AvgIpc) is 2.19. The summed E-state index contributed by atoms with van der Waals surface area (Å²) in [7, 11) is -1.58. The molecule has 5 heteroatoms. The highest BCUT2D eigenvalue weighted by molar-refractivity contribution is 9.09. The topological polar surface area (TPSA) is 37.4 Å². The predicted molar refractivity (Wildman–Crippen MR) is 65.5 cm³/mol. The molecule has 0 saturated heterocycles. The van der Waals surface area contributed by atoms with E-state index in [4.69, 9.17) is 0 Å². The van der Waals surface area contributed by atoms with Gasteiger partial charge in [-0.15, -0.1) is 0 Å². The molecule has 0 aromatic heterocycles. The molecule has 0 radical (unpaired) electrons. The third-order valence-corrected chi connectivity index (χ3v) is 4.25. The molecular formula is C10H14BrNO2S. The first-order chi connectivity index (χ1) is 7.06. The molecule has 0 bridgehead atoms. The lowest BCUT2D eigenvalue weighted by atomic mass is 10.2. The Morgan fingerprint density at radius 3 is 2.40 bits per heavy atom. The number of rotatable bonds is 5. The van der Waals surface area contributed by atoms with Gasteiger partial charge in [0.15, 0.2) is 0 Å². The standard InChI is InChI=1S/C10H14BrNO2S/c1-12(8-7-11)15(13,14)9-10-5-3-2-4-6-10/h2-6H,7-9H2,1H3. The van der Waals surface area contributed by atoms with Gasteiger partial charge in [0, 0.05) is 18.9 Å². The highest BCUT2D eigenvalue weighted by Crippen LogP contribution is 2.09. The SMILES string of the molecule is CN(CCBr)S(=O)(=O)Cc1ccccc1. The van der Waals surface area contributed by atoms with Gasteiger partial charge in [0.25, 0.3) is 0 Å². The number of sulfonamides is 1. The number of alkyl halides is 1. The largest absolute Gasteiger partial charge is 0.218 e. The second kappa shape index (κ2) is 5.63. The fourth-order valence-corrected chi connectivity index (χ4v) is 3.12. The van der Waals surface area contributed by atoms with E-state index in [9.17, 15) is 8.42 Å². The first kappa shape index (κ1) is 12.7. The first-order valence-electron chi connectivity index (χ1n) is 4.60. The molecule has 0 spiro atoms. The molecule has 0 amide bonds. The van der Waals surface area contributed by atoms with Crippen LogP contribution in [0.4, 0.5) is 0 Å². The van der Waals surface area contributed by atoms with Gasteiger partial charge in [-0.2, -0.15) is 0 Å². The number of nitrogens with zero attached hydrogens (tertiary/aromatic N) is 1. The molecule has 3 nitrogen and oxygen atoms in total. The van der Waals surface area contributed by atoms with E-state index in [0.717, 1.165) is 5.56 Å². The second-order valence-corrected chi connectivity index (χ2v) is 6.12. The maximum absolute atomic E-state index is 11.8. The molecule has 0 N–H and O–H groups in total. The van der Waals surface area contributed by atoms with Crippen LogP contribution in [0.3, 0.4) is 0 Å². The van der Waals surface area contributed by atoms with Crippen molar-refractivity contribution in [2.24, 2.45) is 0 Å². The summed E-state index contributed by atoms with van der Waals surface area (Å²) in [4.78, 5) is 0. The Hall–Kier alpha value is -0.390. The van der Waals surface area contributed by atoms with Gasteiger partial charge in [0.05, 0.1) is 5.75 Å². The summed E-state index contributed by atoms with van der Waals surface area (Å²) in [5.41, 5.74) is 0.818. The number of hydrogen-bond acceptors (Lipinski definition) is 2. The van der Waals surface area contributed by atoms with E-state index in [-0.39, 0.29) is 5.75 Å². The maximum atomic E-state index is 11.8. The van der Waals surface area contributed by atoms with Crippen LogP contribution in [0, 0.1) is 0 Å². The minimum absolute atomic E-state index is 0.0668. The Morgan fingerprint density at radius 2 is 1.87 bits per heavy atom. The van der Waals surface area contributed by atoms with Crippen molar-refractivity contribution in [3.8, 4) is 0 Å². The summed E-state index contributed by atoms with van der Waals surface area (Å²) in [6.07, 6.45) is 0. The van der Waals surface area contributed by atoms with Crippen LogP contribution in [-0.4, -0.2) is 31.6 Å². The van der Waals surface area contributed by atoms with Crippen molar-refractivity contribution in [1.82, 2.24) is 4.31 Å². The lowest BCUT2D eigenvalue weighted by Gasteiger charge is -2.15. The molecule has 1 rings (SSSR count). The van der Waals surface area contributed by atoms with Gasteiger partial charge in [-0.25, -0.2) is 12.7 Å². The molecular weight excluding hydrogens is 278 g/mol. The fourth-order valence-electron chi connectivity index (χ4n) is 1.15. The maximum Gasteiger partial charge on any atom is 0.218 e. The number of halogens is 1. The molecule has 0 atom stereocenters. The molecule has 0 heterocycles. The quantitative estimate of drug-likeness (QED) is 0.777. The van der Waals surface area contributed by atoms with Crippen LogP contribution in [0.1, 0.15) is 5.56 Å². The van der Waals surface area contributed by atoms with E-state index < -0.39 is 10.0 Å². The van der Waals surface area contributed by atoms with E-state index in [1.54, 1.807) is 7.05 Å². The van der Waals surface area contributed by atoms with Crippen molar-refractivity contribution >= 4 is 26.0 Å². The highest BCUT2D eigenvalue weighted by Gasteiger charge is 2.17. The van der Waals surface area contributed by atoms with E-state index >= 15 is 0 Å². The van der Waals surface area contributed by atoms with Crippen LogP contribution in [-0.2, 0) is 15.8 Å². The number of benzene rings is 1. The van der Waals surface area contributed by atoms with Crippen LogP contribution >= 0.6 is 15.9 Å². The first-order valence-corrected chi connectivity index (χ1v) is 7.33. The average molecular weight is 292 g/mol. The van der Waals surface area contributed by atoms with Crippen molar-refractivity contribution in [3.63, 3.8) is 0 Å². The van der Waals surface area contributed by atoms with Crippen molar-refractivity contribution in [3.05, 3.63) is 35.9 Å². The summed E-state index contributed by atoms with van der Waals surface area (Å²) < 4.78 is 25.0. The molecule has 0 aliphatic heterocycles. The van der Waals surface area contributed by atoms with Crippen molar-refractivity contribution in [1.29, 1.82) is 0 Å². The predicted octanol–water partition coefficient (Wildman–Crippen LogP) is 1.84. The van der Waals surface area contributed by atoms with Gasteiger partial charge in [-0.3, -0.25) is 0 Å². The molecule has 0 aliphatic carbocycles. The fraction of sp³-hybridized carbons (Fsp3) is 0.400. The van der Waals surface area contributed by atoms with Crippen molar-refractivity contribution in [2.45, 2.75) is 5.75 Å². The Balaban J connectivity index is 2.73. The summed E-state index contributed by atoms with van der Waals surface area (Å²) >= 11 is 3.22. The van der Waals surface area contributed by atoms with Crippen LogP contribution in [0.15, 0.2) is 30.3 Å². The van der Waals surface area contributed by atoms with Gasteiger partial charge in [0.1, 0.15) is 0 Å². The zero-order valence-electron chi connectivity index (χ0n) is 8.56. The van der Waals surface area contributed by atoms with E-state index in [1.165, 1.54) is 4.31 Å². The molecule has 0 aliphatic rings. The molecule has 1 aromatic rings. The summed E-state index contributed by atoms with van der Waals surface area (Å²) in [5, 5.41) is 0.650. The van der Waals surface area contributed by atoms with Crippen LogP contribution in [0.5, 0.6) is 0 Å². The Morgan fingerprint density at radius 1 is 1.27 bits per heavy atom. The van der Waals surface area contributed by atoms with E-state index in [1.807, 2.05) is 30.3 Å². The molecule has 15 heavy (non-hydrogen) atoms. The number of hydrogen-bond donors (Lipinski definition) is 0. The van der Waals surface area contributed by atoms with Gasteiger partial charge in [-0.05, 0) is 5.56 Å². The summed E-state index contributed by atoms with van der Waals surface area (Å²) in [6, 6.07) is 9.20. The van der Waals surface area contributed by atoms with Crippen molar-refractivity contribution in [2.75, 3.05) is 18.9 Å². The van der Waals surface area contributed by atoms with E-state index in [0.29, 0.717) is 11.9 Å². The Labute approximate surface area is 99.3 Å². The lowest BCUT2D eigenvalue weighted by Crippen LogP contribution is -2.29. The lowest BCUT2D eigenvalue weighted by molar-refractivity contribution is 0.488. The Bertz CT molecular complexity index is 391. The normalized spacial score (nSPS) is 11.9. The van der Waals surface area contributed by atoms with Crippen LogP contribution < -0.4 is 0 Å². The third-order valence-electron chi connectivity index (χ3n) is 2.07. The van der Waals surface area contributed by atoms with Gasteiger partial charge in [-0.1, -0.05) is 46.3 Å². The zero-order chi connectivity index (χ0) is 11.3. The highest BCUT2D eigenvalue weighted by atomic mass is 79.9. The molecule has 84 valence electrons. The monoisotopic (exact) mass is 291 g/mol. The molecule has 0 saturated carbocycles. The smallest absolute Gasteiger partial charge is 0.212 e. The minimum atomic E-state index is -3.17. The summed E-state index contributed by atoms with van der Waals surface area (Å²) in [5.74, 6) is 0.0668. The zero-order valence-corrected chi connectivity index (χ0v) is 11.0. The molecule has 1 aromatic carbocycles. The van der Waals surface area contributed by atoms with Crippen LogP contribution in [0.25, 0.3) is 0 Å². The summed E-state index contributed by atoms with van der Waals surface area (Å²) in [6.45, 7) is 0.495. The molecule has 0 fully saturated rings. The van der Waals surface area contributed by atoms with Gasteiger partial charge in [0.2, 0.25) is 10.0 Å².